The van der Waals surface area contributed by atoms with Crippen LogP contribution in [0.1, 0.15) is 11.4 Å². The number of nitrogens with one attached hydrogen (secondary N) is 1. The maximum absolute atomic E-state index is 9.71. The number of phenolic OH excluding ortho intramolecular Hbond substituents is 1. The average Bonchev–Trinajstić information content (AvgIpc) is 2.73. The number of aromatic hydroxyl groups is 1. The number of nitrogen functional groups attached to an aromatic ring is 1. The first-order valence-electron chi connectivity index (χ1n) is 5.60. The summed E-state index contributed by atoms with van der Waals surface area (Å²) in [7, 11) is 0. The Labute approximate surface area is 103 Å². The normalized spacial score (nSPS) is 10.9. The van der Waals surface area contributed by atoms with Crippen molar-refractivity contribution in [3.8, 4) is 5.75 Å². The highest BCUT2D eigenvalue weighted by atomic mass is 16.3. The number of aromatic nitrogens is 3. The summed E-state index contributed by atoms with van der Waals surface area (Å²) < 4.78 is 0. The molecule has 0 fully saturated rings. The summed E-state index contributed by atoms with van der Waals surface area (Å²) in [6.45, 7) is 0. The fourth-order valence-electron chi connectivity index (χ4n) is 1.88. The number of H-pyrrole nitrogens is 1. The first kappa shape index (κ1) is 10.6. The Balaban J connectivity index is 1.98. The van der Waals surface area contributed by atoms with Crippen LogP contribution in [0, 0.1) is 0 Å². The van der Waals surface area contributed by atoms with Crippen molar-refractivity contribution in [1.29, 1.82) is 0 Å². The molecule has 4 N–H and O–H groups in total. The van der Waals surface area contributed by atoms with E-state index in [4.69, 9.17) is 5.73 Å². The van der Waals surface area contributed by atoms with Gasteiger partial charge < -0.3 is 15.8 Å². The molecule has 5 nitrogen and oxygen atoms in total. The maximum atomic E-state index is 9.71. The van der Waals surface area contributed by atoms with Crippen molar-refractivity contribution < 1.29 is 5.11 Å². The lowest BCUT2D eigenvalue weighted by atomic mass is 10.1. The van der Waals surface area contributed by atoms with E-state index in [0.29, 0.717) is 17.9 Å². The number of para-hydroxylation sites is 1. The fraction of sp³-hybridized carbons (Fsp3) is 0.0769. The van der Waals surface area contributed by atoms with Gasteiger partial charge in [0, 0.05) is 12.0 Å². The minimum atomic E-state index is 0.269. The molecule has 0 aliphatic rings. The Bertz CT molecular complexity index is 705. The van der Waals surface area contributed by atoms with Gasteiger partial charge >= 0.3 is 0 Å². The van der Waals surface area contributed by atoms with Crippen LogP contribution in [0.4, 0.5) is 5.82 Å². The van der Waals surface area contributed by atoms with Crippen LogP contribution in [-0.2, 0) is 6.42 Å². The molecule has 3 rings (SSSR count). The molecular formula is C13H12N4O. The first-order valence-corrected chi connectivity index (χ1v) is 5.60. The van der Waals surface area contributed by atoms with E-state index in [1.807, 2.05) is 18.2 Å². The van der Waals surface area contributed by atoms with Gasteiger partial charge in [0.1, 0.15) is 17.4 Å². The predicted molar refractivity (Wildman–Crippen MR) is 69.2 cm³/mol. The van der Waals surface area contributed by atoms with Crippen LogP contribution >= 0.6 is 0 Å². The van der Waals surface area contributed by atoms with Gasteiger partial charge in [-0.3, -0.25) is 0 Å². The summed E-state index contributed by atoms with van der Waals surface area (Å²) in [5.41, 5.74) is 7.87. The van der Waals surface area contributed by atoms with Crippen LogP contribution in [0.3, 0.4) is 0 Å². The Morgan fingerprint density at radius 1 is 1.11 bits per heavy atom. The van der Waals surface area contributed by atoms with Gasteiger partial charge in [0.25, 0.3) is 0 Å². The standard InChI is InChI=1S/C13H12N4O/c14-11-6-5-9-13(16-11)17-12(15-9)7-8-3-1-2-4-10(8)18/h1-6,18H,7H2,(H3,14,15,16,17). The molecule has 0 saturated heterocycles. The highest BCUT2D eigenvalue weighted by Crippen LogP contribution is 2.19. The second-order valence-corrected chi connectivity index (χ2v) is 4.10. The lowest BCUT2D eigenvalue weighted by molar-refractivity contribution is 0.469. The highest BCUT2D eigenvalue weighted by molar-refractivity contribution is 5.72. The van der Waals surface area contributed by atoms with Gasteiger partial charge in [-0.25, -0.2) is 9.97 Å². The molecule has 0 radical (unpaired) electrons. The highest BCUT2D eigenvalue weighted by Gasteiger charge is 2.07. The molecule has 90 valence electrons. The number of anilines is 1. The van der Waals surface area contributed by atoms with Gasteiger partial charge in [-0.2, -0.15) is 0 Å². The van der Waals surface area contributed by atoms with E-state index in [-0.39, 0.29) is 5.75 Å². The summed E-state index contributed by atoms with van der Waals surface area (Å²) in [5.74, 6) is 1.47. The van der Waals surface area contributed by atoms with Crippen molar-refractivity contribution in [2.75, 3.05) is 5.73 Å². The van der Waals surface area contributed by atoms with Crippen molar-refractivity contribution >= 4 is 17.0 Å². The number of imidazole rings is 1. The SMILES string of the molecule is Nc1ccc2[nH]c(Cc3ccccc3O)nc2n1. The lowest BCUT2D eigenvalue weighted by Gasteiger charge is -2.00. The molecule has 0 aliphatic heterocycles. The molecule has 5 heteroatoms. The van der Waals surface area contributed by atoms with E-state index >= 15 is 0 Å². The third kappa shape index (κ3) is 1.86. The molecule has 2 heterocycles. The average molecular weight is 240 g/mol. The molecule has 0 bridgehead atoms. The van der Waals surface area contributed by atoms with Crippen molar-refractivity contribution in [2.45, 2.75) is 6.42 Å². The van der Waals surface area contributed by atoms with Gasteiger partial charge in [0.05, 0.1) is 5.52 Å². The number of phenols is 1. The molecule has 0 unspecified atom stereocenters. The summed E-state index contributed by atoms with van der Waals surface area (Å²) in [4.78, 5) is 11.6. The molecule has 2 aromatic heterocycles. The topological polar surface area (TPSA) is 87.8 Å². The van der Waals surface area contributed by atoms with Crippen molar-refractivity contribution in [3.05, 3.63) is 47.8 Å². The molecule has 0 aliphatic carbocycles. The molecule has 18 heavy (non-hydrogen) atoms. The summed E-state index contributed by atoms with van der Waals surface area (Å²) >= 11 is 0. The molecule has 0 spiro atoms. The summed E-state index contributed by atoms with van der Waals surface area (Å²) in [6, 6.07) is 10.8. The van der Waals surface area contributed by atoms with E-state index in [0.717, 1.165) is 16.9 Å². The van der Waals surface area contributed by atoms with Gasteiger partial charge in [-0.1, -0.05) is 18.2 Å². The van der Waals surface area contributed by atoms with E-state index in [1.165, 1.54) is 0 Å². The van der Waals surface area contributed by atoms with E-state index < -0.39 is 0 Å². The number of hydrogen-bond donors (Lipinski definition) is 3. The smallest absolute Gasteiger partial charge is 0.179 e. The number of pyridine rings is 1. The third-order valence-corrected chi connectivity index (χ3v) is 2.77. The van der Waals surface area contributed by atoms with Gasteiger partial charge in [0.2, 0.25) is 0 Å². The number of benzene rings is 1. The summed E-state index contributed by atoms with van der Waals surface area (Å²) in [6.07, 6.45) is 0.531. The Hall–Kier alpha value is -2.56. The predicted octanol–water partition coefficient (Wildman–Crippen LogP) is 1.84. The second kappa shape index (κ2) is 4.03. The van der Waals surface area contributed by atoms with Crippen LogP contribution in [0.25, 0.3) is 11.2 Å². The van der Waals surface area contributed by atoms with E-state index in [9.17, 15) is 5.11 Å². The molecule has 0 saturated carbocycles. The van der Waals surface area contributed by atoms with Crippen molar-refractivity contribution in [2.24, 2.45) is 0 Å². The van der Waals surface area contributed by atoms with Crippen LogP contribution in [0.5, 0.6) is 5.75 Å². The largest absolute Gasteiger partial charge is 0.508 e. The zero-order chi connectivity index (χ0) is 12.5. The number of nitrogens with two attached hydrogens (primary N) is 1. The van der Waals surface area contributed by atoms with Crippen molar-refractivity contribution in [1.82, 2.24) is 15.0 Å². The number of rotatable bonds is 2. The Morgan fingerprint density at radius 2 is 1.94 bits per heavy atom. The number of aromatic amines is 1. The zero-order valence-corrected chi connectivity index (χ0v) is 9.59. The number of hydrogen-bond acceptors (Lipinski definition) is 4. The number of fused-ring (bicyclic) bond motifs is 1. The van der Waals surface area contributed by atoms with Crippen molar-refractivity contribution in [3.63, 3.8) is 0 Å². The van der Waals surface area contributed by atoms with E-state index in [1.54, 1.807) is 18.2 Å². The van der Waals surface area contributed by atoms with Crippen LogP contribution in [0.15, 0.2) is 36.4 Å². The minimum Gasteiger partial charge on any atom is -0.508 e. The van der Waals surface area contributed by atoms with E-state index in [2.05, 4.69) is 15.0 Å². The minimum absolute atomic E-state index is 0.269. The van der Waals surface area contributed by atoms with Gasteiger partial charge in [-0.15, -0.1) is 0 Å². The Kier molecular flexibility index (Phi) is 2.37. The molecule has 3 aromatic rings. The van der Waals surface area contributed by atoms with Crippen LogP contribution < -0.4 is 5.73 Å². The van der Waals surface area contributed by atoms with Gasteiger partial charge in [0.15, 0.2) is 5.65 Å². The first-order chi connectivity index (χ1) is 8.72. The number of nitrogens with zero attached hydrogens (tertiary/aromatic N) is 2. The Morgan fingerprint density at radius 3 is 2.78 bits per heavy atom. The quantitative estimate of drug-likeness (QED) is 0.637. The molecule has 1 aromatic carbocycles. The maximum Gasteiger partial charge on any atom is 0.179 e. The fourth-order valence-corrected chi connectivity index (χ4v) is 1.88. The molecule has 0 amide bonds. The molecular weight excluding hydrogens is 228 g/mol. The lowest BCUT2D eigenvalue weighted by Crippen LogP contribution is -1.91. The van der Waals surface area contributed by atoms with Crippen LogP contribution in [0.2, 0.25) is 0 Å². The third-order valence-electron chi connectivity index (χ3n) is 2.77. The molecule has 0 atom stereocenters. The second-order valence-electron chi connectivity index (χ2n) is 4.10. The summed E-state index contributed by atoms with van der Waals surface area (Å²) in [5, 5.41) is 9.71. The van der Waals surface area contributed by atoms with Crippen LogP contribution in [-0.4, -0.2) is 20.1 Å². The van der Waals surface area contributed by atoms with Gasteiger partial charge in [-0.05, 0) is 18.2 Å². The zero-order valence-electron chi connectivity index (χ0n) is 9.59. The monoisotopic (exact) mass is 240 g/mol.